The van der Waals surface area contributed by atoms with Gasteiger partial charge in [0, 0.05) is 31.4 Å². The highest BCUT2D eigenvalue weighted by Gasteiger charge is 2.36. The number of carbonyl (C=O) groups is 1. The zero-order valence-corrected chi connectivity index (χ0v) is 25.2. The van der Waals surface area contributed by atoms with Gasteiger partial charge in [0.25, 0.3) is 0 Å². The molecule has 1 saturated heterocycles. The number of carbonyl (C=O) groups excluding carboxylic acids is 1. The van der Waals surface area contributed by atoms with Crippen LogP contribution in [0, 0.1) is 0 Å². The third-order valence-electron chi connectivity index (χ3n) is 7.73. The maximum absolute atomic E-state index is 12.7. The van der Waals surface area contributed by atoms with Crippen LogP contribution in [0.5, 0.6) is 5.75 Å². The Morgan fingerprint density at radius 1 is 0.929 bits per heavy atom. The minimum Gasteiger partial charge on any atom is -0.426 e. The van der Waals surface area contributed by atoms with E-state index in [1.165, 1.54) is 38.5 Å². The van der Waals surface area contributed by atoms with E-state index in [1.54, 1.807) is 0 Å². The number of hydrogen-bond acceptors (Lipinski definition) is 4. The highest BCUT2D eigenvalue weighted by Crippen LogP contribution is 2.31. The lowest BCUT2D eigenvalue weighted by Gasteiger charge is -2.18. The van der Waals surface area contributed by atoms with Crippen LogP contribution in [0.2, 0.25) is 0 Å². The molecule has 1 atom stereocenters. The number of benzene rings is 2. The Hall–Kier alpha value is -2.64. The molecule has 0 amide bonds. The summed E-state index contributed by atoms with van der Waals surface area (Å²) in [6.07, 6.45) is 17.5. The predicted molar refractivity (Wildman–Crippen MR) is 165 cm³/mol. The van der Waals surface area contributed by atoms with Crippen molar-refractivity contribution in [2.45, 2.75) is 109 Å². The number of likely N-dealkylation sites (tertiary alicyclic amines) is 1. The molecule has 0 aromatic heterocycles. The Morgan fingerprint density at radius 2 is 1.62 bits per heavy atom. The molecule has 0 aliphatic carbocycles. The van der Waals surface area contributed by atoms with Gasteiger partial charge in [-0.2, -0.15) is 0 Å². The van der Waals surface area contributed by atoms with Gasteiger partial charge in [0.05, 0.1) is 6.10 Å². The molecule has 2 aromatic rings. The minimum atomic E-state index is -4.60. The lowest BCUT2D eigenvalue weighted by molar-refractivity contribution is -0.340. The van der Waals surface area contributed by atoms with Crippen LogP contribution in [0.4, 0.5) is 13.2 Å². The van der Waals surface area contributed by atoms with E-state index in [4.69, 9.17) is 4.74 Å². The molecule has 1 aliphatic heterocycles. The van der Waals surface area contributed by atoms with Crippen LogP contribution in [-0.2, 0) is 16.0 Å². The summed E-state index contributed by atoms with van der Waals surface area (Å²) in [7, 11) is 0. The number of unbranched alkanes of at least 4 members (excludes halogenated alkanes) is 8. The summed E-state index contributed by atoms with van der Waals surface area (Å²) in [5.74, 6) is 0.324. The minimum absolute atomic E-state index is 0.227. The third-order valence-corrected chi connectivity index (χ3v) is 7.73. The standard InChI is InChI=1S/C35H48F3NO3/c1-2-3-4-5-6-7-8-9-10-11-12-13-14-15-16-23-33(40)41-32-22-18-21-29-19-17-20-30(34(29)32)24-26-39-27-25-31(28-39)42-35(36,37)38/h6-7,9-10,17-22,31H,2-5,8,11-16,23-28H2,1H3/b7-6-,10-9-/t31-/m1/s1. The van der Waals surface area contributed by atoms with Crippen LogP contribution in [0.1, 0.15) is 96.0 Å². The smallest absolute Gasteiger partial charge is 0.426 e. The highest BCUT2D eigenvalue weighted by atomic mass is 19.4. The van der Waals surface area contributed by atoms with Gasteiger partial charge >= 0.3 is 12.3 Å². The van der Waals surface area contributed by atoms with Crippen molar-refractivity contribution in [1.29, 1.82) is 0 Å². The summed E-state index contributed by atoms with van der Waals surface area (Å²) in [6.45, 7) is 3.68. The van der Waals surface area contributed by atoms with E-state index in [0.29, 0.717) is 38.1 Å². The monoisotopic (exact) mass is 587 g/mol. The number of esters is 1. The number of allylic oxidation sites excluding steroid dienone is 4. The number of halogens is 3. The molecule has 0 N–H and O–H groups in total. The molecule has 0 spiro atoms. The molecule has 0 bridgehead atoms. The fourth-order valence-corrected chi connectivity index (χ4v) is 5.49. The number of nitrogens with zero attached hydrogens (tertiary/aromatic N) is 1. The summed E-state index contributed by atoms with van der Waals surface area (Å²) in [6, 6.07) is 11.6. The third kappa shape index (κ3) is 13.1. The second-order valence-corrected chi connectivity index (χ2v) is 11.3. The Morgan fingerprint density at radius 3 is 2.36 bits per heavy atom. The lowest BCUT2D eigenvalue weighted by atomic mass is 10.0. The van der Waals surface area contributed by atoms with Gasteiger partial charge < -0.3 is 9.64 Å². The maximum atomic E-state index is 12.7. The molecule has 0 radical (unpaired) electrons. The Labute approximate surface area is 249 Å². The summed E-state index contributed by atoms with van der Waals surface area (Å²) < 4.78 is 47.7. The van der Waals surface area contributed by atoms with Crippen molar-refractivity contribution in [3.05, 3.63) is 66.3 Å². The van der Waals surface area contributed by atoms with Crippen molar-refractivity contribution in [3.8, 4) is 5.75 Å². The number of alkyl halides is 3. The largest absolute Gasteiger partial charge is 0.522 e. The van der Waals surface area contributed by atoms with Gasteiger partial charge in [-0.1, -0.05) is 93.7 Å². The Kier molecular flexibility index (Phi) is 15.2. The van der Waals surface area contributed by atoms with E-state index in [1.807, 2.05) is 41.3 Å². The summed E-state index contributed by atoms with van der Waals surface area (Å²) in [4.78, 5) is 14.7. The normalized spacial score (nSPS) is 16.3. The van der Waals surface area contributed by atoms with Gasteiger partial charge in [0.1, 0.15) is 5.75 Å². The SMILES string of the molecule is CCCCC/C=C\C/C=C\CCCCCCCC(=O)Oc1cccc2cccc(CCN3CC[C@@H](OC(F)(F)F)C3)c12. The van der Waals surface area contributed by atoms with Gasteiger partial charge in [-0.15, -0.1) is 13.2 Å². The first-order valence-electron chi connectivity index (χ1n) is 15.8. The topological polar surface area (TPSA) is 38.8 Å². The van der Waals surface area contributed by atoms with Crippen LogP contribution in [0.15, 0.2) is 60.7 Å². The zero-order valence-electron chi connectivity index (χ0n) is 25.2. The molecular weight excluding hydrogens is 539 g/mol. The van der Waals surface area contributed by atoms with Gasteiger partial charge in [0.15, 0.2) is 0 Å². The number of rotatable bonds is 19. The van der Waals surface area contributed by atoms with Gasteiger partial charge in [-0.25, -0.2) is 0 Å². The van der Waals surface area contributed by atoms with E-state index < -0.39 is 12.5 Å². The van der Waals surface area contributed by atoms with Crippen molar-refractivity contribution in [1.82, 2.24) is 4.90 Å². The number of ether oxygens (including phenoxy) is 2. The second-order valence-electron chi connectivity index (χ2n) is 11.3. The van der Waals surface area contributed by atoms with Crippen LogP contribution in [0.25, 0.3) is 10.8 Å². The predicted octanol–water partition coefficient (Wildman–Crippen LogP) is 9.71. The molecule has 7 heteroatoms. The van der Waals surface area contributed by atoms with Gasteiger partial charge in [-0.05, 0) is 68.4 Å². The van der Waals surface area contributed by atoms with Crippen molar-refractivity contribution in [2.24, 2.45) is 0 Å². The summed E-state index contributed by atoms with van der Waals surface area (Å²) in [5, 5.41) is 1.88. The Bertz CT molecular complexity index is 1120. The van der Waals surface area contributed by atoms with Gasteiger partial charge in [0.2, 0.25) is 0 Å². The second kappa shape index (κ2) is 18.8. The van der Waals surface area contributed by atoms with Crippen LogP contribution >= 0.6 is 0 Å². The van der Waals surface area contributed by atoms with Crippen molar-refractivity contribution in [3.63, 3.8) is 0 Å². The van der Waals surface area contributed by atoms with E-state index >= 15 is 0 Å². The highest BCUT2D eigenvalue weighted by molar-refractivity contribution is 5.93. The Balaban J connectivity index is 1.35. The number of hydrogen-bond donors (Lipinski definition) is 0. The first kappa shape index (κ1) is 33.9. The van der Waals surface area contributed by atoms with Crippen molar-refractivity contribution < 1.29 is 27.4 Å². The molecule has 1 aliphatic rings. The van der Waals surface area contributed by atoms with E-state index in [0.717, 1.165) is 48.4 Å². The summed E-state index contributed by atoms with van der Waals surface area (Å²) >= 11 is 0. The molecule has 1 heterocycles. The van der Waals surface area contributed by atoms with Crippen LogP contribution < -0.4 is 4.74 Å². The molecule has 232 valence electrons. The average Bonchev–Trinajstić information content (AvgIpc) is 3.39. The summed E-state index contributed by atoms with van der Waals surface area (Å²) in [5.41, 5.74) is 1.02. The van der Waals surface area contributed by atoms with E-state index in [2.05, 4.69) is 36.0 Å². The molecule has 2 aromatic carbocycles. The zero-order chi connectivity index (χ0) is 30.0. The first-order chi connectivity index (χ1) is 20.4. The molecule has 42 heavy (non-hydrogen) atoms. The first-order valence-corrected chi connectivity index (χ1v) is 15.8. The van der Waals surface area contributed by atoms with Gasteiger partial charge in [-0.3, -0.25) is 9.53 Å². The van der Waals surface area contributed by atoms with Crippen LogP contribution in [0.3, 0.4) is 0 Å². The van der Waals surface area contributed by atoms with Crippen molar-refractivity contribution in [2.75, 3.05) is 19.6 Å². The van der Waals surface area contributed by atoms with E-state index in [-0.39, 0.29) is 12.5 Å². The average molecular weight is 588 g/mol. The molecule has 0 unspecified atom stereocenters. The number of fused-ring (bicyclic) bond motifs is 1. The molecule has 4 nitrogen and oxygen atoms in total. The molecule has 1 fully saturated rings. The molecular formula is C35H48F3NO3. The van der Waals surface area contributed by atoms with Crippen molar-refractivity contribution >= 4 is 16.7 Å². The van der Waals surface area contributed by atoms with E-state index in [9.17, 15) is 18.0 Å². The maximum Gasteiger partial charge on any atom is 0.522 e. The molecule has 0 saturated carbocycles. The fourth-order valence-electron chi connectivity index (χ4n) is 5.49. The van der Waals surface area contributed by atoms with Crippen LogP contribution in [-0.4, -0.2) is 43.0 Å². The quantitative estimate of drug-likeness (QED) is 0.0710. The molecule has 3 rings (SSSR count). The lowest BCUT2D eigenvalue weighted by Crippen LogP contribution is -2.29. The fraction of sp³-hybridized carbons (Fsp3) is 0.571.